The van der Waals surface area contributed by atoms with Crippen molar-refractivity contribution in [2.45, 2.75) is 31.9 Å². The molecule has 1 unspecified atom stereocenters. The Morgan fingerprint density at radius 3 is 3.13 bits per heavy atom. The fraction of sp³-hybridized carbons (Fsp3) is 0.700. The van der Waals surface area contributed by atoms with Crippen LogP contribution in [0.5, 0.6) is 0 Å². The Bertz CT molecular complexity index is 345. The smallest absolute Gasteiger partial charge is 0.133 e. The van der Waals surface area contributed by atoms with Gasteiger partial charge in [-0.1, -0.05) is 18.5 Å². The highest BCUT2D eigenvalue weighted by atomic mass is 35.5. The zero-order chi connectivity index (χ0) is 10.9. The van der Waals surface area contributed by atoms with Gasteiger partial charge in [0.25, 0.3) is 0 Å². The van der Waals surface area contributed by atoms with Crippen LogP contribution >= 0.6 is 11.6 Å². The number of nitrogens with zero attached hydrogens (tertiary/aromatic N) is 2. The predicted octanol–water partition coefficient (Wildman–Crippen LogP) is 1.55. The SMILES string of the molecule is CCCn1ncc(Cl)c1C1(O)CCOC1. The van der Waals surface area contributed by atoms with Crippen LogP contribution in [0.4, 0.5) is 0 Å². The minimum Gasteiger partial charge on any atom is -0.381 e. The number of aromatic nitrogens is 2. The summed E-state index contributed by atoms with van der Waals surface area (Å²) in [6.07, 6.45) is 3.13. The third-order valence-electron chi connectivity index (χ3n) is 2.67. The maximum Gasteiger partial charge on any atom is 0.133 e. The fourth-order valence-corrected chi connectivity index (χ4v) is 2.26. The molecule has 1 aromatic heterocycles. The third kappa shape index (κ3) is 1.89. The van der Waals surface area contributed by atoms with Crippen LogP contribution in [0.2, 0.25) is 5.02 Å². The molecule has 0 amide bonds. The minimum absolute atomic E-state index is 0.308. The van der Waals surface area contributed by atoms with Crippen molar-refractivity contribution < 1.29 is 9.84 Å². The molecule has 2 heterocycles. The summed E-state index contributed by atoms with van der Waals surface area (Å²) in [5, 5.41) is 15.1. The second kappa shape index (κ2) is 4.12. The van der Waals surface area contributed by atoms with Crippen molar-refractivity contribution in [2.24, 2.45) is 0 Å². The molecule has 1 fully saturated rings. The molecule has 0 aromatic carbocycles. The summed E-state index contributed by atoms with van der Waals surface area (Å²) in [4.78, 5) is 0. The van der Waals surface area contributed by atoms with E-state index in [9.17, 15) is 5.11 Å². The van der Waals surface area contributed by atoms with E-state index >= 15 is 0 Å². The van der Waals surface area contributed by atoms with E-state index in [4.69, 9.17) is 16.3 Å². The lowest BCUT2D eigenvalue weighted by molar-refractivity contribution is 0.0154. The van der Waals surface area contributed by atoms with Crippen LogP contribution in [-0.2, 0) is 16.9 Å². The summed E-state index contributed by atoms with van der Waals surface area (Å²) in [6.45, 7) is 3.71. The number of aryl methyl sites for hydroxylation is 1. The largest absolute Gasteiger partial charge is 0.381 e. The van der Waals surface area contributed by atoms with E-state index in [1.54, 1.807) is 10.9 Å². The first-order chi connectivity index (χ1) is 7.17. The summed E-state index contributed by atoms with van der Waals surface area (Å²) in [7, 11) is 0. The number of halogens is 1. The summed E-state index contributed by atoms with van der Waals surface area (Å²) < 4.78 is 7.00. The van der Waals surface area contributed by atoms with E-state index in [0.717, 1.165) is 13.0 Å². The van der Waals surface area contributed by atoms with Gasteiger partial charge in [-0.15, -0.1) is 0 Å². The topological polar surface area (TPSA) is 47.3 Å². The van der Waals surface area contributed by atoms with Gasteiger partial charge >= 0.3 is 0 Å². The molecule has 0 aliphatic carbocycles. The molecule has 15 heavy (non-hydrogen) atoms. The zero-order valence-corrected chi connectivity index (χ0v) is 9.50. The van der Waals surface area contributed by atoms with Crippen LogP contribution in [-0.4, -0.2) is 28.1 Å². The van der Waals surface area contributed by atoms with Crippen molar-refractivity contribution in [1.29, 1.82) is 0 Å². The van der Waals surface area contributed by atoms with Crippen LogP contribution in [0.25, 0.3) is 0 Å². The lowest BCUT2D eigenvalue weighted by Crippen LogP contribution is -2.29. The van der Waals surface area contributed by atoms with E-state index in [0.29, 0.717) is 30.4 Å². The van der Waals surface area contributed by atoms with Gasteiger partial charge in [0.05, 0.1) is 23.5 Å². The van der Waals surface area contributed by atoms with Crippen molar-refractivity contribution in [3.8, 4) is 0 Å². The molecule has 84 valence electrons. The molecule has 1 saturated heterocycles. The highest BCUT2D eigenvalue weighted by molar-refractivity contribution is 6.31. The molecule has 0 radical (unpaired) electrons. The molecule has 1 aliphatic heterocycles. The molecule has 1 aliphatic rings. The number of aliphatic hydroxyl groups is 1. The van der Waals surface area contributed by atoms with Crippen LogP contribution < -0.4 is 0 Å². The second-order valence-corrected chi connectivity index (χ2v) is 4.31. The van der Waals surface area contributed by atoms with Crippen molar-refractivity contribution in [1.82, 2.24) is 9.78 Å². The second-order valence-electron chi connectivity index (χ2n) is 3.90. The van der Waals surface area contributed by atoms with Crippen molar-refractivity contribution in [3.05, 3.63) is 16.9 Å². The lowest BCUT2D eigenvalue weighted by Gasteiger charge is -2.22. The van der Waals surface area contributed by atoms with Crippen LogP contribution in [0.15, 0.2) is 6.20 Å². The van der Waals surface area contributed by atoms with Gasteiger partial charge in [0.1, 0.15) is 5.60 Å². The van der Waals surface area contributed by atoms with Crippen molar-refractivity contribution in [2.75, 3.05) is 13.2 Å². The molecule has 1 N–H and O–H groups in total. The van der Waals surface area contributed by atoms with Gasteiger partial charge in [-0.3, -0.25) is 4.68 Å². The average Bonchev–Trinajstić information content (AvgIpc) is 2.75. The number of hydrogen-bond donors (Lipinski definition) is 1. The maximum absolute atomic E-state index is 10.4. The molecule has 0 saturated carbocycles. The minimum atomic E-state index is -0.956. The Hall–Kier alpha value is -0.580. The van der Waals surface area contributed by atoms with Gasteiger partial charge in [-0.05, 0) is 6.42 Å². The Labute approximate surface area is 93.8 Å². The molecule has 1 atom stereocenters. The Morgan fingerprint density at radius 1 is 1.73 bits per heavy atom. The van der Waals surface area contributed by atoms with E-state index in [2.05, 4.69) is 12.0 Å². The van der Waals surface area contributed by atoms with Gasteiger partial charge in [0.2, 0.25) is 0 Å². The first-order valence-electron chi connectivity index (χ1n) is 5.19. The summed E-state index contributed by atoms with van der Waals surface area (Å²) in [5.41, 5.74) is -0.258. The Morgan fingerprint density at radius 2 is 2.53 bits per heavy atom. The highest BCUT2D eigenvalue weighted by Gasteiger charge is 2.39. The monoisotopic (exact) mass is 230 g/mol. The van der Waals surface area contributed by atoms with E-state index < -0.39 is 5.60 Å². The highest BCUT2D eigenvalue weighted by Crippen LogP contribution is 2.34. The molecule has 1 aromatic rings. The average molecular weight is 231 g/mol. The first kappa shape index (κ1) is 10.9. The lowest BCUT2D eigenvalue weighted by atomic mass is 9.99. The molecular formula is C10H15ClN2O2. The molecular weight excluding hydrogens is 216 g/mol. The summed E-state index contributed by atoms with van der Waals surface area (Å²) in [5.74, 6) is 0. The van der Waals surface area contributed by atoms with Gasteiger partial charge in [-0.25, -0.2) is 0 Å². The van der Waals surface area contributed by atoms with Gasteiger partial charge < -0.3 is 9.84 Å². The van der Waals surface area contributed by atoms with Crippen LogP contribution in [0.1, 0.15) is 25.5 Å². The maximum atomic E-state index is 10.4. The van der Waals surface area contributed by atoms with Crippen molar-refractivity contribution >= 4 is 11.6 Å². The number of hydrogen-bond acceptors (Lipinski definition) is 3. The molecule has 0 bridgehead atoms. The third-order valence-corrected chi connectivity index (χ3v) is 2.95. The van der Waals surface area contributed by atoms with Gasteiger partial charge in [0, 0.05) is 19.6 Å². The first-order valence-corrected chi connectivity index (χ1v) is 5.57. The summed E-state index contributed by atoms with van der Waals surface area (Å²) in [6, 6.07) is 0. The number of ether oxygens (including phenoxy) is 1. The molecule has 4 nitrogen and oxygen atoms in total. The van der Waals surface area contributed by atoms with E-state index in [1.807, 2.05) is 0 Å². The molecule has 2 rings (SSSR count). The van der Waals surface area contributed by atoms with Gasteiger partial charge in [0.15, 0.2) is 0 Å². The van der Waals surface area contributed by atoms with Gasteiger partial charge in [-0.2, -0.15) is 5.10 Å². The fourth-order valence-electron chi connectivity index (χ4n) is 1.95. The Balaban J connectivity index is 2.36. The van der Waals surface area contributed by atoms with Crippen LogP contribution in [0, 0.1) is 0 Å². The molecule has 5 heteroatoms. The predicted molar refractivity (Wildman–Crippen MR) is 56.9 cm³/mol. The molecule has 0 spiro atoms. The van der Waals surface area contributed by atoms with Crippen LogP contribution in [0.3, 0.4) is 0 Å². The summed E-state index contributed by atoms with van der Waals surface area (Å²) >= 11 is 6.05. The zero-order valence-electron chi connectivity index (χ0n) is 8.74. The van der Waals surface area contributed by atoms with E-state index in [1.165, 1.54) is 0 Å². The van der Waals surface area contributed by atoms with E-state index in [-0.39, 0.29) is 0 Å². The van der Waals surface area contributed by atoms with Crippen molar-refractivity contribution in [3.63, 3.8) is 0 Å². The Kier molecular flexibility index (Phi) is 3.00. The quantitative estimate of drug-likeness (QED) is 0.857. The standard InChI is InChI=1S/C10H15ClN2O2/c1-2-4-13-9(8(11)6-12-13)10(14)3-5-15-7-10/h6,14H,2-5,7H2,1H3. The number of rotatable bonds is 3. The normalized spacial score (nSPS) is 26.1.